The number of rotatable bonds is 3. The van der Waals surface area contributed by atoms with E-state index in [1.807, 2.05) is 0 Å². The highest BCUT2D eigenvalue weighted by Crippen LogP contribution is 2.29. The topological polar surface area (TPSA) is 41.5 Å². The lowest BCUT2D eigenvalue weighted by molar-refractivity contribution is -0.0798. The molecular weight excluding hydrogens is 214 g/mol. The maximum atomic E-state index is 9.51. The minimum Gasteiger partial charge on any atom is -0.393 e. The second kappa shape index (κ2) is 5.68. The van der Waals surface area contributed by atoms with Gasteiger partial charge in [0.1, 0.15) is 0 Å². The van der Waals surface area contributed by atoms with Crippen LogP contribution in [0.3, 0.4) is 0 Å². The molecule has 2 rings (SSSR count). The summed E-state index contributed by atoms with van der Waals surface area (Å²) in [6.45, 7) is 5.32. The van der Waals surface area contributed by atoms with E-state index in [1.165, 1.54) is 0 Å². The maximum Gasteiger partial charge on any atom is 0.0666 e. The van der Waals surface area contributed by atoms with Crippen LogP contribution in [0.2, 0.25) is 0 Å². The molecule has 2 unspecified atom stereocenters. The molecule has 1 aliphatic carbocycles. The molecule has 1 saturated heterocycles. The van der Waals surface area contributed by atoms with Crippen molar-refractivity contribution in [3.05, 3.63) is 0 Å². The van der Waals surface area contributed by atoms with Crippen molar-refractivity contribution < 1.29 is 9.84 Å². The molecule has 2 atom stereocenters. The molecule has 0 amide bonds. The molecule has 1 aliphatic heterocycles. The number of hydrogen-bond acceptors (Lipinski definition) is 3. The van der Waals surface area contributed by atoms with Crippen LogP contribution in [0.5, 0.6) is 0 Å². The monoisotopic (exact) mass is 241 g/mol. The van der Waals surface area contributed by atoms with Gasteiger partial charge in [0.15, 0.2) is 0 Å². The summed E-state index contributed by atoms with van der Waals surface area (Å²) in [6, 6.07) is 1.22. The van der Waals surface area contributed by atoms with E-state index < -0.39 is 0 Å². The van der Waals surface area contributed by atoms with Crippen LogP contribution in [0.15, 0.2) is 0 Å². The van der Waals surface area contributed by atoms with Crippen LogP contribution < -0.4 is 5.32 Å². The first-order valence-corrected chi connectivity index (χ1v) is 7.19. The Morgan fingerprint density at radius 1 is 1.18 bits per heavy atom. The predicted octanol–water partition coefficient (Wildman–Crippen LogP) is 2.23. The van der Waals surface area contributed by atoms with Crippen LogP contribution in [0.4, 0.5) is 0 Å². The Hall–Kier alpha value is -0.120. The largest absolute Gasteiger partial charge is 0.393 e. The Labute approximate surface area is 105 Å². The Kier molecular flexibility index (Phi) is 4.45. The number of aliphatic hydroxyl groups is 1. The quantitative estimate of drug-likeness (QED) is 0.796. The van der Waals surface area contributed by atoms with E-state index in [9.17, 15) is 5.11 Å². The fourth-order valence-electron chi connectivity index (χ4n) is 3.09. The van der Waals surface area contributed by atoms with Gasteiger partial charge in [-0.3, -0.25) is 0 Å². The Morgan fingerprint density at radius 2 is 1.88 bits per heavy atom. The van der Waals surface area contributed by atoms with Crippen molar-refractivity contribution in [2.24, 2.45) is 0 Å². The fourth-order valence-corrected chi connectivity index (χ4v) is 3.09. The van der Waals surface area contributed by atoms with Gasteiger partial charge in [0.2, 0.25) is 0 Å². The molecule has 0 aromatic rings. The number of ether oxygens (including phenoxy) is 1. The molecule has 0 radical (unpaired) electrons. The molecular formula is C14H27NO2. The van der Waals surface area contributed by atoms with E-state index in [0.29, 0.717) is 12.1 Å². The van der Waals surface area contributed by atoms with Crippen molar-refractivity contribution in [1.29, 1.82) is 0 Å². The average molecular weight is 241 g/mol. The van der Waals surface area contributed by atoms with E-state index in [1.54, 1.807) is 0 Å². The summed E-state index contributed by atoms with van der Waals surface area (Å²) in [6.07, 6.45) is 7.48. The number of nitrogens with one attached hydrogen (secondary N) is 1. The van der Waals surface area contributed by atoms with Crippen molar-refractivity contribution in [2.75, 3.05) is 6.61 Å². The second-order valence-corrected chi connectivity index (χ2v) is 6.01. The van der Waals surface area contributed by atoms with E-state index in [4.69, 9.17) is 4.74 Å². The zero-order chi connectivity index (χ0) is 12.3. The summed E-state index contributed by atoms with van der Waals surface area (Å²) in [5.74, 6) is 0. The fraction of sp³-hybridized carbons (Fsp3) is 1.00. The first kappa shape index (κ1) is 13.3. The molecule has 2 N–H and O–H groups in total. The minimum absolute atomic E-state index is 0.0522. The maximum absolute atomic E-state index is 9.51. The highest BCUT2D eigenvalue weighted by molar-refractivity contribution is 4.88. The molecule has 1 saturated carbocycles. The van der Waals surface area contributed by atoms with Gasteiger partial charge in [0.05, 0.1) is 11.7 Å². The van der Waals surface area contributed by atoms with E-state index in [0.717, 1.165) is 51.6 Å². The third-order valence-corrected chi connectivity index (χ3v) is 4.51. The number of hydrogen-bond donors (Lipinski definition) is 2. The lowest BCUT2D eigenvalue weighted by atomic mass is 9.87. The van der Waals surface area contributed by atoms with E-state index in [2.05, 4.69) is 19.2 Å². The third kappa shape index (κ3) is 3.67. The Bertz CT molecular complexity index is 238. The molecule has 3 nitrogen and oxygen atoms in total. The summed E-state index contributed by atoms with van der Waals surface area (Å²) < 4.78 is 5.87. The van der Waals surface area contributed by atoms with Gasteiger partial charge in [-0.15, -0.1) is 0 Å². The highest BCUT2D eigenvalue weighted by atomic mass is 16.5. The molecule has 2 fully saturated rings. The highest BCUT2D eigenvalue weighted by Gasteiger charge is 2.33. The van der Waals surface area contributed by atoms with E-state index in [-0.39, 0.29) is 11.7 Å². The van der Waals surface area contributed by atoms with Crippen molar-refractivity contribution in [2.45, 2.75) is 82.6 Å². The van der Waals surface area contributed by atoms with Crippen LogP contribution in [0.25, 0.3) is 0 Å². The SMILES string of the molecule is CCC1(C)CC(NC2CCC(O)CC2)CCO1. The summed E-state index contributed by atoms with van der Waals surface area (Å²) >= 11 is 0. The van der Waals surface area contributed by atoms with Crippen LogP contribution in [0, 0.1) is 0 Å². The average Bonchev–Trinajstić information content (AvgIpc) is 2.32. The van der Waals surface area contributed by atoms with Gasteiger partial charge < -0.3 is 15.2 Å². The first-order chi connectivity index (χ1) is 8.11. The van der Waals surface area contributed by atoms with Gasteiger partial charge >= 0.3 is 0 Å². The standard InChI is InChI=1S/C14H27NO2/c1-3-14(2)10-12(8-9-17-14)15-11-4-6-13(16)7-5-11/h11-13,15-16H,3-10H2,1-2H3. The summed E-state index contributed by atoms with van der Waals surface area (Å²) in [7, 11) is 0. The summed E-state index contributed by atoms with van der Waals surface area (Å²) in [5, 5.41) is 13.3. The van der Waals surface area contributed by atoms with Crippen molar-refractivity contribution in [3.8, 4) is 0 Å². The second-order valence-electron chi connectivity index (χ2n) is 6.01. The zero-order valence-electron chi connectivity index (χ0n) is 11.2. The molecule has 0 spiro atoms. The van der Waals surface area contributed by atoms with E-state index >= 15 is 0 Å². The van der Waals surface area contributed by atoms with Crippen molar-refractivity contribution in [3.63, 3.8) is 0 Å². The van der Waals surface area contributed by atoms with Crippen LogP contribution in [-0.2, 0) is 4.74 Å². The molecule has 100 valence electrons. The van der Waals surface area contributed by atoms with Gasteiger partial charge in [0.25, 0.3) is 0 Å². The van der Waals surface area contributed by atoms with Gasteiger partial charge in [-0.2, -0.15) is 0 Å². The normalized spacial score (nSPS) is 43.6. The zero-order valence-corrected chi connectivity index (χ0v) is 11.2. The molecule has 0 aromatic carbocycles. The van der Waals surface area contributed by atoms with Gasteiger partial charge in [-0.1, -0.05) is 6.92 Å². The van der Waals surface area contributed by atoms with Crippen molar-refractivity contribution in [1.82, 2.24) is 5.32 Å². The van der Waals surface area contributed by atoms with Gasteiger partial charge in [-0.05, 0) is 51.9 Å². The van der Waals surface area contributed by atoms with Crippen LogP contribution in [-0.4, -0.2) is 35.5 Å². The molecule has 2 aliphatic rings. The minimum atomic E-state index is -0.0522. The molecule has 1 heterocycles. The predicted molar refractivity (Wildman–Crippen MR) is 69.1 cm³/mol. The summed E-state index contributed by atoms with van der Waals surface area (Å²) in [4.78, 5) is 0. The summed E-state index contributed by atoms with van der Waals surface area (Å²) in [5.41, 5.74) is 0.0735. The Morgan fingerprint density at radius 3 is 2.53 bits per heavy atom. The van der Waals surface area contributed by atoms with Crippen LogP contribution in [0.1, 0.15) is 58.8 Å². The lowest BCUT2D eigenvalue weighted by Crippen LogP contribution is -2.49. The van der Waals surface area contributed by atoms with Gasteiger partial charge in [0, 0.05) is 18.7 Å². The number of aliphatic hydroxyl groups excluding tert-OH is 1. The third-order valence-electron chi connectivity index (χ3n) is 4.51. The molecule has 0 aromatic heterocycles. The smallest absolute Gasteiger partial charge is 0.0666 e. The van der Waals surface area contributed by atoms with Crippen molar-refractivity contribution >= 4 is 0 Å². The molecule has 3 heteroatoms. The molecule has 17 heavy (non-hydrogen) atoms. The first-order valence-electron chi connectivity index (χ1n) is 7.19. The Balaban J connectivity index is 1.79. The van der Waals surface area contributed by atoms with Crippen LogP contribution >= 0.6 is 0 Å². The van der Waals surface area contributed by atoms with Gasteiger partial charge in [-0.25, -0.2) is 0 Å². The molecule has 0 bridgehead atoms. The lowest BCUT2D eigenvalue weighted by Gasteiger charge is -2.40.